The van der Waals surface area contributed by atoms with Crippen LogP contribution in [0, 0.1) is 54.7 Å². The number of hydrogen-bond donors (Lipinski definition) is 5. The Labute approximate surface area is 396 Å². The van der Waals surface area contributed by atoms with Gasteiger partial charge in [-0.2, -0.15) is 0 Å². The zero-order valence-corrected chi connectivity index (χ0v) is 45.7. The standard InChI is InChI=1S/C59H94O6/c1-47(2,3)41-33-55(62,51(13,14)15)29-25-37(41)45(38-26-30-56(63,52(16,17)18)34-42(38)48(4,5)6)59(46(60)61,39-27-31-57(64,53(19,20)21)35-43(39)49(7,8)9)40-28-32-58(65,54(22,23)24)36-44(40)50(10,11)12/h25-32,45,62-65H,33-36H2,1-24H3,(H,60,61). The molecule has 4 rings (SSSR count). The van der Waals surface area contributed by atoms with E-state index < -0.39 is 83.0 Å². The SMILES string of the molecule is CC(C)(C)C1=C(C(C2=C(C(C)(C)C)CC(O)(C(C)(C)C)C=C2)C(C(=O)O)(C2=C(C(C)(C)C)CC(O)(C(C)(C)C)C=C2)C2=C(C(C)(C)C)CC(O)(C(C)(C)C)C=C2)C=CC(O)(C(C)(C)C)C1. The first kappa shape index (κ1) is 54.8. The number of rotatable bonds is 6. The molecule has 366 valence electrons. The van der Waals surface area contributed by atoms with Gasteiger partial charge in [0.2, 0.25) is 0 Å². The molecule has 4 unspecified atom stereocenters. The Balaban J connectivity index is 2.57. The van der Waals surface area contributed by atoms with E-state index in [1.807, 2.05) is 132 Å². The van der Waals surface area contributed by atoms with E-state index in [-0.39, 0.29) is 12.8 Å². The molecule has 65 heavy (non-hydrogen) atoms. The third-order valence-electron chi connectivity index (χ3n) is 16.3. The zero-order chi connectivity index (χ0) is 50.8. The largest absolute Gasteiger partial charge is 0.480 e. The Morgan fingerprint density at radius 1 is 0.400 bits per heavy atom. The van der Waals surface area contributed by atoms with Crippen molar-refractivity contribution < 1.29 is 30.3 Å². The van der Waals surface area contributed by atoms with Crippen LogP contribution in [-0.4, -0.2) is 53.9 Å². The fourth-order valence-electron chi connectivity index (χ4n) is 10.5. The van der Waals surface area contributed by atoms with Crippen LogP contribution < -0.4 is 0 Å². The number of hydrogen-bond acceptors (Lipinski definition) is 5. The number of aliphatic hydroxyl groups is 4. The molecule has 4 aliphatic rings. The van der Waals surface area contributed by atoms with Gasteiger partial charge in [0, 0.05) is 31.6 Å². The molecule has 0 heterocycles. The number of carboxylic acids is 1. The molecule has 0 saturated carbocycles. The number of carbonyl (C=O) groups is 1. The van der Waals surface area contributed by atoms with Gasteiger partial charge in [-0.25, -0.2) is 0 Å². The third kappa shape index (κ3) is 9.65. The van der Waals surface area contributed by atoms with Gasteiger partial charge in [-0.3, -0.25) is 4.79 Å². The Bertz CT molecular complexity index is 2010. The van der Waals surface area contributed by atoms with Gasteiger partial charge in [-0.05, 0) is 65.6 Å². The van der Waals surface area contributed by atoms with Crippen molar-refractivity contribution in [2.24, 2.45) is 54.7 Å². The maximum Gasteiger partial charge on any atom is 0.319 e. The summed E-state index contributed by atoms with van der Waals surface area (Å²) in [6.45, 7) is 50.1. The minimum Gasteiger partial charge on any atom is -0.480 e. The van der Waals surface area contributed by atoms with Gasteiger partial charge >= 0.3 is 5.97 Å². The molecule has 0 bridgehead atoms. The van der Waals surface area contributed by atoms with E-state index in [4.69, 9.17) is 0 Å². The van der Waals surface area contributed by atoms with Crippen LogP contribution in [0.1, 0.15) is 192 Å². The molecule has 0 amide bonds. The molecule has 0 saturated heterocycles. The number of aliphatic carboxylic acids is 1. The topological polar surface area (TPSA) is 118 Å². The number of carboxylic acid groups (broad SMARTS) is 1. The Morgan fingerprint density at radius 2 is 0.615 bits per heavy atom. The van der Waals surface area contributed by atoms with Crippen LogP contribution in [0.5, 0.6) is 0 Å². The zero-order valence-electron chi connectivity index (χ0n) is 45.7. The Morgan fingerprint density at radius 3 is 0.815 bits per heavy atom. The highest BCUT2D eigenvalue weighted by atomic mass is 16.4. The van der Waals surface area contributed by atoms with Crippen molar-refractivity contribution in [3.63, 3.8) is 0 Å². The van der Waals surface area contributed by atoms with Crippen LogP contribution in [0.25, 0.3) is 0 Å². The molecule has 4 aliphatic carbocycles. The quantitative estimate of drug-likeness (QED) is 0.181. The predicted molar refractivity (Wildman–Crippen MR) is 272 cm³/mol. The van der Waals surface area contributed by atoms with Gasteiger partial charge < -0.3 is 25.5 Å². The van der Waals surface area contributed by atoms with E-state index in [9.17, 15) is 25.5 Å². The molecule has 0 radical (unpaired) electrons. The van der Waals surface area contributed by atoms with Crippen LogP contribution in [0.2, 0.25) is 0 Å². The maximum atomic E-state index is 16.0. The first-order valence-electron chi connectivity index (χ1n) is 24.4. The minimum atomic E-state index is -1.88. The second-order valence-electron chi connectivity index (χ2n) is 28.9. The van der Waals surface area contributed by atoms with Gasteiger partial charge in [-0.15, -0.1) is 0 Å². The fourth-order valence-corrected chi connectivity index (χ4v) is 10.5. The van der Waals surface area contributed by atoms with E-state index in [0.717, 1.165) is 33.4 Å². The first-order chi connectivity index (χ1) is 28.6. The van der Waals surface area contributed by atoms with Crippen LogP contribution in [-0.2, 0) is 4.79 Å². The van der Waals surface area contributed by atoms with Crippen LogP contribution >= 0.6 is 0 Å². The monoisotopic (exact) mass is 899 g/mol. The molecule has 0 spiro atoms. The lowest BCUT2D eigenvalue weighted by atomic mass is 9.49. The summed E-state index contributed by atoms with van der Waals surface area (Å²) < 4.78 is 0. The van der Waals surface area contributed by atoms with Crippen molar-refractivity contribution in [1.29, 1.82) is 0 Å². The van der Waals surface area contributed by atoms with Crippen LogP contribution in [0.15, 0.2) is 93.2 Å². The fraction of sp³-hybridized carbons (Fsp3) is 0.712. The lowest BCUT2D eigenvalue weighted by Gasteiger charge is -2.54. The van der Waals surface area contributed by atoms with Gasteiger partial charge in [0.05, 0.1) is 22.4 Å². The van der Waals surface area contributed by atoms with Crippen LogP contribution in [0.3, 0.4) is 0 Å². The minimum absolute atomic E-state index is 0.219. The van der Waals surface area contributed by atoms with Gasteiger partial charge in [0.25, 0.3) is 0 Å². The van der Waals surface area contributed by atoms with Gasteiger partial charge in [0.15, 0.2) is 0 Å². The molecule has 0 aliphatic heterocycles. The predicted octanol–water partition coefficient (Wildman–Crippen LogP) is 14.0. The molecule has 0 fully saturated rings. The maximum absolute atomic E-state index is 16.0. The Kier molecular flexibility index (Phi) is 13.6. The van der Waals surface area contributed by atoms with E-state index >= 15 is 4.79 Å². The highest BCUT2D eigenvalue weighted by Gasteiger charge is 2.61. The summed E-state index contributed by atoms with van der Waals surface area (Å²) in [5.41, 5.74) is -4.94. The normalized spacial score (nSPS) is 29.5. The molecule has 0 aromatic rings. The molecule has 0 aromatic heterocycles. The van der Waals surface area contributed by atoms with E-state index in [1.165, 1.54) is 0 Å². The molecule has 6 heteroatoms. The summed E-state index contributed by atoms with van der Waals surface area (Å²) in [5, 5.41) is 63.8. The lowest BCUT2D eigenvalue weighted by molar-refractivity contribution is -0.146. The Hall–Kier alpha value is -2.77. The molecule has 4 atom stereocenters. The summed E-state index contributed by atoms with van der Waals surface area (Å²) in [6, 6.07) is 0. The average Bonchev–Trinajstić information content (AvgIpc) is 3.08. The van der Waals surface area contributed by atoms with Crippen molar-refractivity contribution in [3.8, 4) is 0 Å². The number of allylic oxidation sites excluding steroid dienone is 6. The summed E-state index contributed by atoms with van der Waals surface area (Å²) in [5.74, 6) is -1.95. The first-order valence-corrected chi connectivity index (χ1v) is 24.4. The smallest absolute Gasteiger partial charge is 0.319 e. The molecule has 6 nitrogen and oxygen atoms in total. The lowest BCUT2D eigenvalue weighted by Crippen LogP contribution is -2.52. The second-order valence-corrected chi connectivity index (χ2v) is 28.9. The van der Waals surface area contributed by atoms with Crippen molar-refractivity contribution in [3.05, 3.63) is 93.2 Å². The second kappa shape index (κ2) is 16.2. The van der Waals surface area contributed by atoms with Crippen LogP contribution in [0.4, 0.5) is 0 Å². The summed E-state index contributed by atoms with van der Waals surface area (Å²) in [4.78, 5) is 16.0. The van der Waals surface area contributed by atoms with Gasteiger partial charge in [0.1, 0.15) is 5.41 Å². The van der Waals surface area contributed by atoms with Gasteiger partial charge in [-0.1, -0.05) is 237 Å². The van der Waals surface area contributed by atoms with E-state index in [1.54, 1.807) is 0 Å². The molecular formula is C59H94O6. The highest BCUT2D eigenvalue weighted by molar-refractivity contribution is 5.89. The molecular weight excluding hydrogens is 805 g/mol. The van der Waals surface area contributed by atoms with Crippen molar-refractivity contribution in [1.82, 2.24) is 0 Å². The summed E-state index contributed by atoms with van der Waals surface area (Å²) in [6.07, 6.45) is 16.5. The van der Waals surface area contributed by atoms with E-state index in [0.29, 0.717) is 24.0 Å². The van der Waals surface area contributed by atoms with Crippen molar-refractivity contribution in [2.45, 2.75) is 214 Å². The third-order valence-corrected chi connectivity index (χ3v) is 16.3. The summed E-state index contributed by atoms with van der Waals surface area (Å²) >= 11 is 0. The van der Waals surface area contributed by atoms with E-state index in [2.05, 4.69) is 83.1 Å². The molecule has 0 aromatic carbocycles. The summed E-state index contributed by atoms with van der Waals surface area (Å²) in [7, 11) is 0. The molecule has 5 N–H and O–H groups in total. The van der Waals surface area contributed by atoms with Crippen molar-refractivity contribution >= 4 is 5.97 Å². The highest BCUT2D eigenvalue weighted by Crippen LogP contribution is 2.64. The average molecular weight is 899 g/mol. The van der Waals surface area contributed by atoms with Crippen molar-refractivity contribution in [2.75, 3.05) is 0 Å².